The number of hydrogen-bond donors (Lipinski definition) is 1. The molecule has 0 aliphatic rings. The first kappa shape index (κ1) is 15.3. The van der Waals surface area contributed by atoms with Crippen LogP contribution < -0.4 is 10.1 Å². The highest BCUT2D eigenvalue weighted by Crippen LogP contribution is 2.17. The van der Waals surface area contributed by atoms with Crippen molar-refractivity contribution in [3.05, 3.63) is 53.7 Å². The molecule has 0 saturated heterocycles. The van der Waals surface area contributed by atoms with Gasteiger partial charge >= 0.3 is 0 Å². The highest BCUT2D eigenvalue weighted by molar-refractivity contribution is 5.43. The standard InChI is InChI=1S/C17H22N2O2/c1-3-18-17-15(5-4-11-19-17)13-21-16-8-6-14(7-9-16)10-12-20-2/h4-9,11H,3,10,12-13H2,1-2H3,(H,18,19). The van der Waals surface area contributed by atoms with Gasteiger partial charge in [-0.15, -0.1) is 0 Å². The molecule has 0 radical (unpaired) electrons. The highest BCUT2D eigenvalue weighted by Gasteiger charge is 2.03. The Hall–Kier alpha value is -2.07. The third-order valence-corrected chi connectivity index (χ3v) is 3.15. The number of nitrogens with zero attached hydrogens (tertiary/aromatic N) is 1. The SMILES string of the molecule is CCNc1ncccc1COc1ccc(CCOC)cc1. The second kappa shape index (κ2) is 8.27. The molecule has 1 aromatic carbocycles. The molecule has 21 heavy (non-hydrogen) atoms. The second-order valence-electron chi connectivity index (χ2n) is 4.72. The van der Waals surface area contributed by atoms with Crippen molar-refractivity contribution in [2.75, 3.05) is 25.6 Å². The summed E-state index contributed by atoms with van der Waals surface area (Å²) in [7, 11) is 1.72. The molecule has 0 atom stereocenters. The topological polar surface area (TPSA) is 43.4 Å². The fourth-order valence-corrected chi connectivity index (χ4v) is 2.02. The number of rotatable bonds is 8. The number of benzene rings is 1. The van der Waals surface area contributed by atoms with Crippen molar-refractivity contribution < 1.29 is 9.47 Å². The van der Waals surface area contributed by atoms with Crippen LogP contribution in [0.25, 0.3) is 0 Å². The van der Waals surface area contributed by atoms with E-state index in [0.29, 0.717) is 6.61 Å². The molecule has 0 aliphatic heterocycles. The van der Waals surface area contributed by atoms with Gasteiger partial charge in [0.15, 0.2) is 0 Å². The summed E-state index contributed by atoms with van der Waals surface area (Å²) in [5.74, 6) is 1.75. The van der Waals surface area contributed by atoms with Crippen LogP contribution in [0.2, 0.25) is 0 Å². The zero-order chi connectivity index (χ0) is 14.9. The summed E-state index contributed by atoms with van der Waals surface area (Å²) >= 11 is 0. The van der Waals surface area contributed by atoms with Gasteiger partial charge in [0.2, 0.25) is 0 Å². The Morgan fingerprint density at radius 3 is 2.67 bits per heavy atom. The Kier molecular flexibility index (Phi) is 6.03. The number of nitrogens with one attached hydrogen (secondary N) is 1. The quantitative estimate of drug-likeness (QED) is 0.808. The van der Waals surface area contributed by atoms with Gasteiger partial charge in [-0.05, 0) is 37.1 Å². The van der Waals surface area contributed by atoms with Gasteiger partial charge in [-0.3, -0.25) is 0 Å². The summed E-state index contributed by atoms with van der Waals surface area (Å²) in [5, 5.41) is 3.24. The van der Waals surface area contributed by atoms with Crippen LogP contribution in [-0.2, 0) is 17.8 Å². The molecule has 1 aromatic heterocycles. The van der Waals surface area contributed by atoms with E-state index in [-0.39, 0.29) is 0 Å². The summed E-state index contributed by atoms with van der Waals surface area (Å²) in [6, 6.07) is 12.1. The predicted octanol–water partition coefficient (Wildman–Crippen LogP) is 3.28. The second-order valence-corrected chi connectivity index (χ2v) is 4.72. The molecule has 0 unspecified atom stereocenters. The lowest BCUT2D eigenvalue weighted by Crippen LogP contribution is -2.05. The fourth-order valence-electron chi connectivity index (χ4n) is 2.02. The first-order chi connectivity index (χ1) is 10.3. The van der Waals surface area contributed by atoms with E-state index in [1.165, 1.54) is 5.56 Å². The van der Waals surface area contributed by atoms with Gasteiger partial charge < -0.3 is 14.8 Å². The van der Waals surface area contributed by atoms with Crippen LogP contribution in [0.1, 0.15) is 18.1 Å². The van der Waals surface area contributed by atoms with Crippen LogP contribution in [0.5, 0.6) is 5.75 Å². The molecule has 0 bridgehead atoms. The Morgan fingerprint density at radius 1 is 1.14 bits per heavy atom. The van der Waals surface area contributed by atoms with E-state index in [1.807, 2.05) is 24.3 Å². The predicted molar refractivity (Wildman–Crippen MR) is 84.8 cm³/mol. The van der Waals surface area contributed by atoms with Crippen molar-refractivity contribution in [2.45, 2.75) is 20.0 Å². The van der Waals surface area contributed by atoms with Crippen molar-refractivity contribution in [1.82, 2.24) is 4.98 Å². The lowest BCUT2D eigenvalue weighted by Gasteiger charge is -2.11. The molecule has 0 fully saturated rings. The third kappa shape index (κ3) is 4.76. The van der Waals surface area contributed by atoms with Crippen molar-refractivity contribution in [3.8, 4) is 5.75 Å². The molecule has 0 saturated carbocycles. The Labute approximate surface area is 126 Å². The first-order valence-corrected chi connectivity index (χ1v) is 7.22. The summed E-state index contributed by atoms with van der Waals surface area (Å²) in [6.45, 7) is 4.14. The average Bonchev–Trinajstić information content (AvgIpc) is 2.53. The van der Waals surface area contributed by atoms with Crippen molar-refractivity contribution in [1.29, 1.82) is 0 Å². The van der Waals surface area contributed by atoms with Crippen LogP contribution in [0.3, 0.4) is 0 Å². The maximum atomic E-state index is 5.83. The Bertz CT molecular complexity index is 541. The molecular formula is C17H22N2O2. The highest BCUT2D eigenvalue weighted by atomic mass is 16.5. The van der Waals surface area contributed by atoms with E-state index in [4.69, 9.17) is 9.47 Å². The smallest absolute Gasteiger partial charge is 0.132 e. The summed E-state index contributed by atoms with van der Waals surface area (Å²) < 4.78 is 10.9. The summed E-state index contributed by atoms with van der Waals surface area (Å²) in [4.78, 5) is 4.32. The zero-order valence-corrected chi connectivity index (χ0v) is 12.6. The van der Waals surface area contributed by atoms with Crippen molar-refractivity contribution in [3.63, 3.8) is 0 Å². The third-order valence-electron chi connectivity index (χ3n) is 3.15. The number of hydrogen-bond acceptors (Lipinski definition) is 4. The van der Waals surface area contributed by atoms with Crippen LogP contribution in [-0.4, -0.2) is 25.2 Å². The minimum atomic E-state index is 0.508. The van der Waals surface area contributed by atoms with Gasteiger partial charge in [-0.2, -0.15) is 0 Å². The lowest BCUT2D eigenvalue weighted by atomic mass is 10.1. The minimum Gasteiger partial charge on any atom is -0.489 e. The van der Waals surface area contributed by atoms with E-state index in [1.54, 1.807) is 13.3 Å². The molecule has 4 heteroatoms. The van der Waals surface area contributed by atoms with E-state index in [2.05, 4.69) is 29.4 Å². The van der Waals surface area contributed by atoms with Crippen LogP contribution in [0.4, 0.5) is 5.82 Å². The molecule has 0 aliphatic carbocycles. The van der Waals surface area contributed by atoms with E-state index in [9.17, 15) is 0 Å². The molecule has 112 valence electrons. The Morgan fingerprint density at radius 2 is 1.95 bits per heavy atom. The van der Waals surface area contributed by atoms with Crippen molar-refractivity contribution >= 4 is 5.82 Å². The van der Waals surface area contributed by atoms with Crippen molar-refractivity contribution in [2.24, 2.45) is 0 Å². The number of methoxy groups -OCH3 is 1. The molecule has 0 spiro atoms. The largest absolute Gasteiger partial charge is 0.489 e. The minimum absolute atomic E-state index is 0.508. The molecule has 2 rings (SSSR count). The molecule has 1 N–H and O–H groups in total. The van der Waals surface area contributed by atoms with Gasteiger partial charge in [0, 0.05) is 25.4 Å². The molecule has 0 amide bonds. The molecule has 1 heterocycles. The average molecular weight is 286 g/mol. The van der Waals surface area contributed by atoms with Gasteiger partial charge in [-0.25, -0.2) is 4.98 Å². The number of anilines is 1. The monoisotopic (exact) mass is 286 g/mol. The van der Waals surface area contributed by atoms with Crippen LogP contribution >= 0.6 is 0 Å². The summed E-state index contributed by atoms with van der Waals surface area (Å²) in [5.41, 5.74) is 2.31. The molecule has 4 nitrogen and oxygen atoms in total. The van der Waals surface area contributed by atoms with Crippen LogP contribution in [0.15, 0.2) is 42.6 Å². The molecule has 2 aromatic rings. The van der Waals surface area contributed by atoms with E-state index >= 15 is 0 Å². The summed E-state index contributed by atoms with van der Waals surface area (Å²) in [6.07, 6.45) is 2.70. The molecular weight excluding hydrogens is 264 g/mol. The lowest BCUT2D eigenvalue weighted by molar-refractivity contribution is 0.202. The number of ether oxygens (including phenoxy) is 2. The normalized spacial score (nSPS) is 10.4. The van der Waals surface area contributed by atoms with Gasteiger partial charge in [0.1, 0.15) is 18.2 Å². The fraction of sp³-hybridized carbons (Fsp3) is 0.353. The van der Waals surface area contributed by atoms with Crippen LogP contribution in [0, 0.1) is 0 Å². The van der Waals surface area contributed by atoms with E-state index in [0.717, 1.165) is 36.7 Å². The van der Waals surface area contributed by atoms with E-state index < -0.39 is 0 Å². The maximum absolute atomic E-state index is 5.83. The number of pyridine rings is 1. The Balaban J connectivity index is 1.93. The maximum Gasteiger partial charge on any atom is 0.132 e. The number of aromatic nitrogens is 1. The van der Waals surface area contributed by atoms with Gasteiger partial charge in [0.25, 0.3) is 0 Å². The van der Waals surface area contributed by atoms with Gasteiger partial charge in [0.05, 0.1) is 6.61 Å². The first-order valence-electron chi connectivity index (χ1n) is 7.22. The zero-order valence-electron chi connectivity index (χ0n) is 12.6. The van der Waals surface area contributed by atoms with Gasteiger partial charge in [-0.1, -0.05) is 18.2 Å².